The van der Waals surface area contributed by atoms with E-state index in [9.17, 15) is 19.2 Å². The summed E-state index contributed by atoms with van der Waals surface area (Å²) in [7, 11) is 6.43. The van der Waals surface area contributed by atoms with Crippen LogP contribution in [0.5, 0.6) is 23.0 Å². The van der Waals surface area contributed by atoms with Crippen LogP contribution in [0.3, 0.4) is 0 Å². The van der Waals surface area contributed by atoms with Crippen molar-refractivity contribution in [2.24, 2.45) is 0 Å². The van der Waals surface area contributed by atoms with Crippen LogP contribution in [0.4, 0.5) is 0 Å². The fourth-order valence-corrected chi connectivity index (χ4v) is 12.5. The summed E-state index contributed by atoms with van der Waals surface area (Å²) < 4.78 is 67.2. The molecule has 0 radical (unpaired) electrons. The van der Waals surface area contributed by atoms with Crippen molar-refractivity contribution in [1.29, 1.82) is 0 Å². The van der Waals surface area contributed by atoms with Gasteiger partial charge < -0.3 is 0 Å². The molecule has 6 aromatic carbocycles. The predicted molar refractivity (Wildman–Crippen MR) is 308 cm³/mol. The molecule has 20 heteroatoms. The quantitative estimate of drug-likeness (QED) is 0.0372. The number of aromatic amines is 2. The Morgan fingerprint density at radius 3 is 1.26 bits per heavy atom. The number of aromatic nitrogens is 4. The summed E-state index contributed by atoms with van der Waals surface area (Å²) in [6.45, 7) is 1.15. The first kappa shape index (κ1) is 57.7. The molecule has 0 amide bonds. The molecule has 7 atom stereocenters. The van der Waals surface area contributed by atoms with E-state index in [-0.39, 0.29) is 26.1 Å². The van der Waals surface area contributed by atoms with Crippen LogP contribution in [0.2, 0.25) is 0 Å². The van der Waals surface area contributed by atoms with Crippen molar-refractivity contribution in [2.75, 3.05) is 41.7 Å². The minimum atomic E-state index is -1.92. The summed E-state index contributed by atoms with van der Waals surface area (Å²) in [5.74, 6) is 2.61. The molecule has 0 spiro atoms. The molecule has 4 heterocycles. The first-order chi connectivity index (χ1) is 39.8. The zero-order valence-electron chi connectivity index (χ0n) is 45.9. The molecule has 0 aliphatic carbocycles. The van der Waals surface area contributed by atoms with Crippen molar-refractivity contribution in [2.45, 2.75) is 74.8 Å². The minimum absolute atomic E-state index is 0.0661. The van der Waals surface area contributed by atoms with Gasteiger partial charge >= 0.3 is 455 Å². The van der Waals surface area contributed by atoms with Crippen LogP contribution >= 0.6 is 6.62 Å². The Kier molecular flexibility index (Phi) is 17.8. The molecule has 10 rings (SSSR count). The first-order valence-corrected chi connectivity index (χ1v) is 29.9. The second kappa shape index (κ2) is 25.3. The molecule has 7 unspecified atom stereocenters. The van der Waals surface area contributed by atoms with Crippen LogP contribution in [0.25, 0.3) is 0 Å². The maximum absolute atomic E-state index is 13.6. The summed E-state index contributed by atoms with van der Waals surface area (Å²) in [6.07, 6.45) is -1.75. The van der Waals surface area contributed by atoms with E-state index in [1.54, 1.807) is 42.3 Å². The summed E-state index contributed by atoms with van der Waals surface area (Å²) in [5.41, 5.74) is 0.552. The molecule has 0 saturated carbocycles. The Bertz CT molecular complexity index is 3630. The summed E-state index contributed by atoms with van der Waals surface area (Å²) >= 11 is 3.10. The predicted octanol–water partition coefficient (Wildman–Crippen LogP) is 8.50. The van der Waals surface area contributed by atoms with Crippen LogP contribution < -0.4 is 41.4 Å². The van der Waals surface area contributed by atoms with Crippen molar-refractivity contribution >= 4 is 21.7 Å². The molecule has 2 saturated heterocycles. The first-order valence-electron chi connectivity index (χ1n) is 26.5. The summed E-state index contributed by atoms with van der Waals surface area (Å²) in [4.78, 5) is 57.2. The Morgan fingerprint density at radius 1 is 0.500 bits per heavy atom. The SMILES string of the molecule is COc1ccc(C(OCC2OC(n3cc(C)c(=O)[nH]c3=O)CC2O[P+](=[Se])OCC2OC(n3cc(C)c(=O)[nH]c3=O)CC2OC(c2ccccc2)(c2ccc(OC)cc2)c2ccc(OC)cc2)(c2ccccc2)c2ccc(OC)cc2)cc1. The van der Waals surface area contributed by atoms with Gasteiger partial charge in [0.05, 0.1) is 28.4 Å². The van der Waals surface area contributed by atoms with Gasteiger partial charge in [0.15, 0.2) is 0 Å². The third kappa shape index (κ3) is 11.9. The number of benzene rings is 6. The van der Waals surface area contributed by atoms with E-state index in [0.29, 0.717) is 34.1 Å². The molecule has 2 aromatic heterocycles. The Labute approximate surface area is 481 Å². The van der Waals surface area contributed by atoms with Crippen molar-refractivity contribution in [3.8, 4) is 23.0 Å². The molecule has 82 heavy (non-hydrogen) atoms. The Morgan fingerprint density at radius 2 is 0.854 bits per heavy atom. The fraction of sp³-hybridized carbons (Fsp3) is 0.290. The Balaban J connectivity index is 0.997. The molecule has 2 aliphatic rings. The molecule has 2 N–H and O–H groups in total. The Hall–Kier alpha value is -7.54. The number of H-pyrrole nitrogens is 2. The molecule has 0 bridgehead atoms. The average molecular weight is 1200 g/mol. The number of nitrogens with one attached hydrogen (secondary N) is 2. The third-order valence-corrected chi connectivity index (χ3v) is 17.0. The standard InChI is InChI=1S/C62H61N4O14PSe/c1-39-35-65(59(69)63-57(39)67)55-33-51(79-62(42-15-11-8-12-16-42,45-21-29-49(73-5)30-22-45)46-23-31-50(74-6)32-24-46)54(78-55)38-76-81(82)80-52-34-56(66-36-40(2)58(68)64-60(66)70)77-53(52)37-75-61(41-13-9-7-10-14-41,43-17-25-47(71-3)26-18-43)44-19-27-48(72-4)28-20-44/h7-32,35-36,51-56H,33-34,37-38H2,1-6H3,(H-,63,64,67,68,69,70)/p+1. The van der Waals surface area contributed by atoms with Crippen molar-refractivity contribution in [3.63, 3.8) is 0 Å². The molecule has 8 aromatic rings. The van der Waals surface area contributed by atoms with Crippen molar-refractivity contribution in [3.05, 3.63) is 256 Å². The molecule has 424 valence electrons. The number of rotatable bonds is 22. The number of ether oxygens (including phenoxy) is 8. The van der Waals surface area contributed by atoms with Crippen LogP contribution in [-0.2, 0) is 39.2 Å². The van der Waals surface area contributed by atoms with Crippen LogP contribution in [0.15, 0.2) is 189 Å². The van der Waals surface area contributed by atoms with Gasteiger partial charge in [-0.25, -0.2) is 0 Å². The van der Waals surface area contributed by atoms with Crippen LogP contribution in [0.1, 0.15) is 69.8 Å². The zero-order valence-corrected chi connectivity index (χ0v) is 48.5. The number of methoxy groups -OCH3 is 4. The van der Waals surface area contributed by atoms with Crippen molar-refractivity contribution in [1.82, 2.24) is 19.1 Å². The van der Waals surface area contributed by atoms with Gasteiger partial charge in [0.1, 0.15) is 0 Å². The van der Waals surface area contributed by atoms with E-state index in [2.05, 4.69) is 25.1 Å². The van der Waals surface area contributed by atoms with Gasteiger partial charge in [-0.1, -0.05) is 0 Å². The second-order valence-corrected chi connectivity index (χ2v) is 22.6. The number of hydrogen-bond donors (Lipinski definition) is 2. The zero-order chi connectivity index (χ0) is 57.5. The number of aryl methyl sites for hydroxylation is 2. The average Bonchev–Trinajstić information content (AvgIpc) is 4.18. The van der Waals surface area contributed by atoms with Gasteiger partial charge in [-0.3, -0.25) is 0 Å². The van der Waals surface area contributed by atoms with Gasteiger partial charge in [-0.15, -0.1) is 0 Å². The van der Waals surface area contributed by atoms with E-state index >= 15 is 0 Å². The van der Waals surface area contributed by atoms with Gasteiger partial charge in [0.2, 0.25) is 0 Å². The molecular formula is C62H62N4O14PSe+. The topological polar surface area (TPSA) is 202 Å². The number of nitrogens with zero attached hydrogens (tertiary/aromatic N) is 2. The van der Waals surface area contributed by atoms with Gasteiger partial charge in [0, 0.05) is 0 Å². The van der Waals surface area contributed by atoms with E-state index < -0.39 is 77.2 Å². The normalized spacial score (nSPS) is 19.2. The summed E-state index contributed by atoms with van der Waals surface area (Å²) in [5, 5.41) is 0. The third-order valence-electron chi connectivity index (χ3n) is 15.0. The fourth-order valence-electron chi connectivity index (χ4n) is 10.7. The van der Waals surface area contributed by atoms with E-state index in [1.165, 1.54) is 21.5 Å². The monoisotopic (exact) mass is 1200 g/mol. The molecule has 18 nitrogen and oxygen atoms in total. The molecule has 2 aliphatic heterocycles. The molecule has 2 fully saturated rings. The van der Waals surface area contributed by atoms with Crippen LogP contribution in [-0.4, -0.2) is 100 Å². The van der Waals surface area contributed by atoms with E-state index in [0.717, 1.165) is 33.4 Å². The van der Waals surface area contributed by atoms with E-state index in [1.807, 2.05) is 158 Å². The van der Waals surface area contributed by atoms with Gasteiger partial charge in [-0.2, -0.15) is 0 Å². The number of hydrogen-bond acceptors (Lipinski definition) is 14. The van der Waals surface area contributed by atoms with E-state index in [4.69, 9.17) is 46.9 Å². The van der Waals surface area contributed by atoms with Crippen LogP contribution in [0, 0.1) is 13.8 Å². The van der Waals surface area contributed by atoms with Gasteiger partial charge in [-0.05, 0) is 0 Å². The second-order valence-electron chi connectivity index (χ2n) is 19.8. The molecular weight excluding hydrogens is 1130 g/mol. The van der Waals surface area contributed by atoms with Crippen molar-refractivity contribution < 1.29 is 46.9 Å². The summed E-state index contributed by atoms with van der Waals surface area (Å²) in [6, 6.07) is 50.3. The van der Waals surface area contributed by atoms with Gasteiger partial charge in [0.25, 0.3) is 0 Å². The maximum atomic E-state index is 13.6.